The van der Waals surface area contributed by atoms with Gasteiger partial charge in [-0.15, -0.1) is 0 Å². The molecule has 0 saturated heterocycles. The zero-order valence-corrected chi connectivity index (χ0v) is 11.1. The van der Waals surface area contributed by atoms with Crippen LogP contribution in [0.15, 0.2) is 36.4 Å². The summed E-state index contributed by atoms with van der Waals surface area (Å²) in [5.74, 6) is 0.945. The van der Waals surface area contributed by atoms with Crippen LogP contribution in [0.2, 0.25) is 0 Å². The first-order valence-electron chi connectivity index (χ1n) is 6.51. The van der Waals surface area contributed by atoms with Crippen molar-refractivity contribution in [1.82, 2.24) is 0 Å². The van der Waals surface area contributed by atoms with Crippen molar-refractivity contribution in [3.8, 4) is 28.7 Å². The summed E-state index contributed by atoms with van der Waals surface area (Å²) in [4.78, 5) is 0. The third-order valence-electron chi connectivity index (χ3n) is 3.79. The second-order valence-corrected chi connectivity index (χ2v) is 5.49. The second kappa shape index (κ2) is 4.34. The molecule has 0 bridgehead atoms. The van der Waals surface area contributed by atoms with Gasteiger partial charge in [0, 0.05) is 11.6 Å². The van der Waals surface area contributed by atoms with Crippen molar-refractivity contribution < 1.29 is 20.1 Å². The number of phenolic OH excluding ortho intramolecular Hbond substituents is 3. The maximum atomic E-state index is 10.1. The molecule has 3 N–H and O–H groups in total. The Morgan fingerprint density at radius 3 is 2.20 bits per heavy atom. The third kappa shape index (κ3) is 2.25. The van der Waals surface area contributed by atoms with Gasteiger partial charge in [0.2, 0.25) is 0 Å². The standard InChI is InChI=1S/C16H16O4/c1-16(6-7-16)12-8-14(19)15(9-13(12)18)20-11-4-2-10(17)3-5-11/h2-5,8-9,17-19H,6-7H2,1H3. The van der Waals surface area contributed by atoms with Crippen LogP contribution in [-0.4, -0.2) is 15.3 Å². The molecule has 0 radical (unpaired) electrons. The van der Waals surface area contributed by atoms with Crippen molar-refractivity contribution in [3.63, 3.8) is 0 Å². The van der Waals surface area contributed by atoms with Crippen LogP contribution in [0.1, 0.15) is 25.3 Å². The van der Waals surface area contributed by atoms with Gasteiger partial charge < -0.3 is 20.1 Å². The Morgan fingerprint density at radius 2 is 1.60 bits per heavy atom. The number of benzene rings is 2. The van der Waals surface area contributed by atoms with Crippen molar-refractivity contribution in [2.24, 2.45) is 0 Å². The van der Waals surface area contributed by atoms with Gasteiger partial charge in [-0.2, -0.15) is 0 Å². The number of aromatic hydroxyl groups is 3. The maximum Gasteiger partial charge on any atom is 0.172 e. The smallest absolute Gasteiger partial charge is 0.172 e. The van der Waals surface area contributed by atoms with Gasteiger partial charge >= 0.3 is 0 Å². The van der Waals surface area contributed by atoms with Crippen LogP contribution < -0.4 is 4.74 Å². The Morgan fingerprint density at radius 1 is 0.950 bits per heavy atom. The first-order valence-corrected chi connectivity index (χ1v) is 6.51. The lowest BCUT2D eigenvalue weighted by Crippen LogP contribution is -2.00. The molecule has 0 spiro atoms. The monoisotopic (exact) mass is 272 g/mol. The summed E-state index contributed by atoms with van der Waals surface area (Å²) in [6.07, 6.45) is 2.02. The van der Waals surface area contributed by atoms with Crippen molar-refractivity contribution in [1.29, 1.82) is 0 Å². The summed E-state index contributed by atoms with van der Waals surface area (Å²) < 4.78 is 5.51. The van der Waals surface area contributed by atoms with Gasteiger partial charge in [0.1, 0.15) is 17.2 Å². The predicted molar refractivity (Wildman–Crippen MR) is 74.5 cm³/mol. The summed E-state index contributed by atoms with van der Waals surface area (Å²) in [5, 5.41) is 29.3. The fraction of sp³-hybridized carbons (Fsp3) is 0.250. The predicted octanol–water partition coefficient (Wildman–Crippen LogP) is 3.65. The Labute approximate surface area is 116 Å². The zero-order chi connectivity index (χ0) is 14.3. The minimum absolute atomic E-state index is 0.000926. The lowest BCUT2D eigenvalue weighted by molar-refractivity contribution is 0.398. The zero-order valence-electron chi connectivity index (χ0n) is 11.1. The number of ether oxygens (including phenoxy) is 1. The molecule has 1 fully saturated rings. The summed E-state index contributed by atoms with van der Waals surface area (Å²) in [6.45, 7) is 2.06. The number of hydrogen-bond acceptors (Lipinski definition) is 4. The number of rotatable bonds is 3. The average molecular weight is 272 g/mol. The molecule has 1 aliphatic carbocycles. The molecule has 0 atom stereocenters. The molecule has 4 heteroatoms. The van der Waals surface area contributed by atoms with E-state index in [-0.39, 0.29) is 28.4 Å². The van der Waals surface area contributed by atoms with E-state index in [0.717, 1.165) is 18.4 Å². The highest BCUT2D eigenvalue weighted by Gasteiger charge is 2.41. The summed E-state index contributed by atoms with van der Waals surface area (Å²) >= 11 is 0. The van der Waals surface area contributed by atoms with Crippen LogP contribution in [0.5, 0.6) is 28.7 Å². The normalized spacial score (nSPS) is 15.8. The van der Waals surface area contributed by atoms with Crippen LogP contribution in [0.4, 0.5) is 0 Å². The molecule has 2 aromatic carbocycles. The molecule has 0 unspecified atom stereocenters. The van der Waals surface area contributed by atoms with Gasteiger partial charge in [0.15, 0.2) is 11.5 Å². The van der Waals surface area contributed by atoms with Gasteiger partial charge in [0.05, 0.1) is 0 Å². The van der Waals surface area contributed by atoms with E-state index in [4.69, 9.17) is 4.74 Å². The Bertz CT molecular complexity index is 642. The van der Waals surface area contributed by atoms with Crippen molar-refractivity contribution >= 4 is 0 Å². The fourth-order valence-electron chi connectivity index (χ4n) is 2.22. The quantitative estimate of drug-likeness (QED) is 0.746. The molecule has 20 heavy (non-hydrogen) atoms. The molecule has 1 saturated carbocycles. The fourth-order valence-corrected chi connectivity index (χ4v) is 2.22. The first-order chi connectivity index (χ1) is 9.48. The van der Waals surface area contributed by atoms with Crippen molar-refractivity contribution in [2.75, 3.05) is 0 Å². The third-order valence-corrected chi connectivity index (χ3v) is 3.79. The highest BCUT2D eigenvalue weighted by molar-refractivity contribution is 5.54. The summed E-state index contributed by atoms with van der Waals surface area (Å²) in [5.41, 5.74) is 0.728. The maximum absolute atomic E-state index is 10.1. The minimum atomic E-state index is -0.0291. The summed E-state index contributed by atoms with van der Waals surface area (Å²) in [7, 11) is 0. The van der Waals surface area contributed by atoms with E-state index < -0.39 is 0 Å². The molecule has 2 aromatic rings. The molecule has 3 rings (SSSR count). The van der Waals surface area contributed by atoms with Gasteiger partial charge in [-0.1, -0.05) is 6.92 Å². The van der Waals surface area contributed by atoms with Crippen LogP contribution >= 0.6 is 0 Å². The van der Waals surface area contributed by atoms with E-state index in [9.17, 15) is 15.3 Å². The van der Waals surface area contributed by atoms with Crippen LogP contribution in [0, 0.1) is 0 Å². The second-order valence-electron chi connectivity index (χ2n) is 5.49. The molecule has 0 heterocycles. The van der Waals surface area contributed by atoms with Crippen LogP contribution in [0.3, 0.4) is 0 Å². The molecule has 0 aromatic heterocycles. The van der Waals surface area contributed by atoms with E-state index >= 15 is 0 Å². The minimum Gasteiger partial charge on any atom is -0.508 e. The van der Waals surface area contributed by atoms with Gasteiger partial charge in [0.25, 0.3) is 0 Å². The number of phenols is 3. The van der Waals surface area contributed by atoms with Crippen molar-refractivity contribution in [2.45, 2.75) is 25.2 Å². The first kappa shape index (κ1) is 12.7. The molecule has 1 aliphatic rings. The Hall–Kier alpha value is -2.36. The molecular formula is C16H16O4. The Balaban J connectivity index is 1.90. The molecular weight excluding hydrogens is 256 g/mol. The lowest BCUT2D eigenvalue weighted by Gasteiger charge is -2.14. The van der Waals surface area contributed by atoms with Gasteiger partial charge in [-0.25, -0.2) is 0 Å². The topological polar surface area (TPSA) is 69.9 Å². The highest BCUT2D eigenvalue weighted by atomic mass is 16.5. The van der Waals surface area contributed by atoms with E-state index in [0.29, 0.717) is 5.75 Å². The molecule has 4 nitrogen and oxygen atoms in total. The molecule has 0 amide bonds. The van der Waals surface area contributed by atoms with Crippen LogP contribution in [0.25, 0.3) is 0 Å². The highest BCUT2D eigenvalue weighted by Crippen LogP contribution is 2.53. The Kier molecular flexibility index (Phi) is 2.74. The van der Waals surface area contributed by atoms with E-state index in [2.05, 4.69) is 6.92 Å². The summed E-state index contributed by atoms with van der Waals surface area (Å²) in [6, 6.07) is 9.15. The van der Waals surface area contributed by atoms with Crippen molar-refractivity contribution in [3.05, 3.63) is 42.0 Å². The lowest BCUT2D eigenvalue weighted by atomic mass is 9.97. The van der Waals surface area contributed by atoms with Crippen LogP contribution in [-0.2, 0) is 5.41 Å². The van der Waals surface area contributed by atoms with E-state index in [1.165, 1.54) is 18.2 Å². The van der Waals surface area contributed by atoms with Gasteiger partial charge in [-0.3, -0.25) is 0 Å². The molecule has 0 aliphatic heterocycles. The van der Waals surface area contributed by atoms with Gasteiger partial charge in [-0.05, 0) is 48.6 Å². The largest absolute Gasteiger partial charge is 0.508 e. The number of hydrogen-bond donors (Lipinski definition) is 3. The average Bonchev–Trinajstić information content (AvgIpc) is 3.15. The molecule has 104 valence electrons. The van der Waals surface area contributed by atoms with E-state index in [1.54, 1.807) is 18.2 Å². The SMILES string of the molecule is CC1(c2cc(O)c(Oc3ccc(O)cc3)cc2O)CC1. The van der Waals surface area contributed by atoms with E-state index in [1.807, 2.05) is 0 Å².